The molecule has 1 aliphatic heterocycles. The van der Waals surface area contributed by atoms with Crippen molar-refractivity contribution in [2.24, 2.45) is 0 Å². The maximum Gasteiger partial charge on any atom is 0.263 e. The molecule has 4 rings (SSSR count). The summed E-state index contributed by atoms with van der Waals surface area (Å²) in [5.41, 5.74) is 1.93. The number of amides is 1. The van der Waals surface area contributed by atoms with Gasteiger partial charge in [-0.2, -0.15) is 0 Å². The Hall–Kier alpha value is -2.52. The van der Waals surface area contributed by atoms with Gasteiger partial charge in [-0.25, -0.2) is 4.98 Å². The van der Waals surface area contributed by atoms with E-state index in [1.165, 1.54) is 23.1 Å². The quantitative estimate of drug-likeness (QED) is 0.405. The van der Waals surface area contributed by atoms with Gasteiger partial charge in [0.25, 0.3) is 5.56 Å². The van der Waals surface area contributed by atoms with Gasteiger partial charge in [0.05, 0.1) is 11.1 Å². The Labute approximate surface area is 188 Å². The van der Waals surface area contributed by atoms with Gasteiger partial charge >= 0.3 is 0 Å². The van der Waals surface area contributed by atoms with E-state index < -0.39 is 0 Å². The third-order valence-corrected chi connectivity index (χ3v) is 7.33. The number of benzene rings is 1. The number of thioether (sulfide) groups is 1. The molecule has 0 saturated heterocycles. The zero-order valence-electron chi connectivity index (χ0n) is 17.8. The molecule has 31 heavy (non-hydrogen) atoms. The number of nitrogens with one attached hydrogen (secondary N) is 1. The first-order chi connectivity index (χ1) is 15.0. The van der Waals surface area contributed by atoms with Gasteiger partial charge in [-0.05, 0) is 43.5 Å². The molecule has 0 aliphatic carbocycles. The lowest BCUT2D eigenvalue weighted by Gasteiger charge is -2.12. The largest absolute Gasteiger partial charge is 0.454 e. The number of rotatable bonds is 8. The Kier molecular flexibility index (Phi) is 6.52. The number of nitrogens with zero attached hydrogens (tertiary/aromatic N) is 2. The van der Waals surface area contributed by atoms with Crippen molar-refractivity contribution in [1.82, 2.24) is 14.9 Å². The van der Waals surface area contributed by atoms with Crippen LogP contribution in [0.25, 0.3) is 10.2 Å². The first-order valence-electron chi connectivity index (χ1n) is 10.3. The number of hydrogen-bond donors (Lipinski definition) is 1. The molecule has 9 heteroatoms. The molecule has 0 unspecified atom stereocenters. The van der Waals surface area contributed by atoms with Crippen LogP contribution in [0.5, 0.6) is 11.5 Å². The molecule has 0 bridgehead atoms. The van der Waals surface area contributed by atoms with Crippen molar-refractivity contribution in [3.8, 4) is 11.5 Å². The molecule has 3 heterocycles. The van der Waals surface area contributed by atoms with Crippen LogP contribution in [0.4, 0.5) is 0 Å². The van der Waals surface area contributed by atoms with Crippen LogP contribution in [0.3, 0.4) is 0 Å². The van der Waals surface area contributed by atoms with Crippen LogP contribution >= 0.6 is 23.1 Å². The van der Waals surface area contributed by atoms with Crippen molar-refractivity contribution in [2.75, 3.05) is 12.5 Å². The number of hydrogen-bond acceptors (Lipinski definition) is 7. The highest BCUT2D eigenvalue weighted by molar-refractivity contribution is 7.99. The van der Waals surface area contributed by atoms with Crippen molar-refractivity contribution in [3.05, 3.63) is 44.6 Å². The maximum absolute atomic E-state index is 13.1. The summed E-state index contributed by atoms with van der Waals surface area (Å²) in [6.45, 7) is 7.30. The highest BCUT2D eigenvalue weighted by atomic mass is 32.2. The van der Waals surface area contributed by atoms with Gasteiger partial charge in [-0.15, -0.1) is 11.3 Å². The standard InChI is InChI=1S/C22H25N3O4S2/c1-4-5-8-25-21(27)19-13(2)14(3)31-20(19)24-22(25)30-11-18(26)23-10-15-6-7-16-17(9-15)29-12-28-16/h6-7,9H,4-5,8,10-12H2,1-3H3,(H,23,26). The van der Waals surface area contributed by atoms with Crippen molar-refractivity contribution >= 4 is 39.2 Å². The highest BCUT2D eigenvalue weighted by Crippen LogP contribution is 2.32. The minimum atomic E-state index is -0.113. The summed E-state index contributed by atoms with van der Waals surface area (Å²) in [5.74, 6) is 1.49. The second-order valence-electron chi connectivity index (χ2n) is 7.42. The minimum Gasteiger partial charge on any atom is -0.454 e. The first kappa shape index (κ1) is 21.7. The molecule has 164 valence electrons. The summed E-state index contributed by atoms with van der Waals surface area (Å²) in [6, 6.07) is 5.62. The first-order valence-corrected chi connectivity index (χ1v) is 12.1. The van der Waals surface area contributed by atoms with Crippen LogP contribution in [0.2, 0.25) is 0 Å². The number of fused-ring (bicyclic) bond motifs is 2. The molecule has 1 aliphatic rings. The predicted octanol–water partition coefficient (Wildman–Crippen LogP) is 4.01. The van der Waals surface area contributed by atoms with Crippen LogP contribution in [-0.4, -0.2) is 28.0 Å². The van der Waals surface area contributed by atoms with Crippen LogP contribution in [0.1, 0.15) is 35.8 Å². The molecule has 0 spiro atoms. The van der Waals surface area contributed by atoms with Crippen molar-refractivity contribution in [2.45, 2.75) is 51.9 Å². The van der Waals surface area contributed by atoms with E-state index in [1.807, 2.05) is 32.0 Å². The van der Waals surface area contributed by atoms with E-state index >= 15 is 0 Å². The van der Waals surface area contributed by atoms with Gasteiger partial charge in [0.1, 0.15) is 4.83 Å². The van der Waals surface area contributed by atoms with Crippen molar-refractivity contribution in [1.29, 1.82) is 0 Å². The Morgan fingerprint density at radius 2 is 2.10 bits per heavy atom. The minimum absolute atomic E-state index is 0.0106. The number of thiophene rings is 1. The third kappa shape index (κ3) is 4.57. The van der Waals surface area contributed by atoms with Crippen molar-refractivity contribution in [3.63, 3.8) is 0 Å². The molecule has 0 saturated carbocycles. The Morgan fingerprint density at radius 1 is 1.29 bits per heavy atom. The summed E-state index contributed by atoms with van der Waals surface area (Å²) in [7, 11) is 0. The summed E-state index contributed by atoms with van der Waals surface area (Å²) < 4.78 is 12.4. The van der Waals surface area contributed by atoms with Crippen LogP contribution in [0, 0.1) is 13.8 Å². The lowest BCUT2D eigenvalue weighted by Crippen LogP contribution is -2.26. The zero-order chi connectivity index (χ0) is 22.0. The normalized spacial score (nSPS) is 12.5. The highest BCUT2D eigenvalue weighted by Gasteiger charge is 2.18. The Morgan fingerprint density at radius 3 is 2.90 bits per heavy atom. The molecule has 7 nitrogen and oxygen atoms in total. The molecule has 1 amide bonds. The fourth-order valence-electron chi connectivity index (χ4n) is 3.36. The topological polar surface area (TPSA) is 82.5 Å². The number of unbranched alkanes of at least 4 members (excludes halogenated alkanes) is 1. The van der Waals surface area contributed by atoms with Crippen LogP contribution in [-0.2, 0) is 17.9 Å². The Balaban J connectivity index is 1.46. The number of carbonyl (C=O) groups is 1. The zero-order valence-corrected chi connectivity index (χ0v) is 19.5. The van der Waals surface area contributed by atoms with Gasteiger partial charge in [-0.1, -0.05) is 31.2 Å². The Bertz CT molecular complexity index is 1190. The van der Waals surface area contributed by atoms with Crippen LogP contribution < -0.4 is 20.3 Å². The molecule has 0 fully saturated rings. The van der Waals surface area contributed by atoms with E-state index in [2.05, 4.69) is 12.2 Å². The lowest BCUT2D eigenvalue weighted by atomic mass is 10.2. The van der Waals surface area contributed by atoms with E-state index in [4.69, 9.17) is 14.5 Å². The van der Waals surface area contributed by atoms with Gasteiger partial charge in [-0.3, -0.25) is 14.2 Å². The maximum atomic E-state index is 13.1. The van der Waals surface area contributed by atoms with Gasteiger partial charge in [0.15, 0.2) is 16.7 Å². The smallest absolute Gasteiger partial charge is 0.263 e. The summed E-state index contributed by atoms with van der Waals surface area (Å²) >= 11 is 2.84. The second-order valence-corrected chi connectivity index (χ2v) is 9.57. The average Bonchev–Trinajstić information content (AvgIpc) is 3.34. The number of aryl methyl sites for hydroxylation is 2. The molecule has 2 aromatic heterocycles. The fourth-order valence-corrected chi connectivity index (χ4v) is 5.29. The summed E-state index contributed by atoms with van der Waals surface area (Å²) in [5, 5.41) is 4.23. The van der Waals surface area contributed by atoms with Gasteiger partial charge < -0.3 is 14.8 Å². The van der Waals surface area contributed by atoms with E-state index in [1.54, 1.807) is 4.57 Å². The molecule has 1 aromatic carbocycles. The monoisotopic (exact) mass is 459 g/mol. The third-order valence-electron chi connectivity index (χ3n) is 5.25. The van der Waals surface area contributed by atoms with E-state index in [0.29, 0.717) is 29.4 Å². The SMILES string of the molecule is CCCCn1c(SCC(=O)NCc2ccc3c(c2)OCO3)nc2sc(C)c(C)c2c1=O. The molecular weight excluding hydrogens is 434 g/mol. The number of aromatic nitrogens is 2. The van der Waals surface area contributed by atoms with Crippen molar-refractivity contribution < 1.29 is 14.3 Å². The van der Waals surface area contributed by atoms with Gasteiger partial charge in [0.2, 0.25) is 12.7 Å². The van der Waals surface area contributed by atoms with E-state index in [9.17, 15) is 9.59 Å². The number of ether oxygens (including phenoxy) is 2. The van der Waals surface area contributed by atoms with E-state index in [-0.39, 0.29) is 24.0 Å². The number of carbonyl (C=O) groups excluding carboxylic acids is 1. The summed E-state index contributed by atoms with van der Waals surface area (Å²) in [6.07, 6.45) is 1.87. The van der Waals surface area contributed by atoms with Gasteiger partial charge in [0, 0.05) is 18.0 Å². The average molecular weight is 460 g/mol. The second kappa shape index (κ2) is 9.32. The molecule has 0 atom stereocenters. The fraction of sp³-hybridized carbons (Fsp3) is 0.409. The molecular formula is C22H25N3O4S2. The molecule has 1 N–H and O–H groups in total. The van der Waals surface area contributed by atoms with Crippen LogP contribution in [0.15, 0.2) is 28.2 Å². The molecule has 0 radical (unpaired) electrons. The van der Waals surface area contributed by atoms with E-state index in [0.717, 1.165) is 39.4 Å². The lowest BCUT2D eigenvalue weighted by molar-refractivity contribution is -0.118. The summed E-state index contributed by atoms with van der Waals surface area (Å²) in [4.78, 5) is 32.2. The molecule has 3 aromatic rings. The predicted molar refractivity (Wildman–Crippen MR) is 123 cm³/mol.